The first-order valence-electron chi connectivity index (χ1n) is 7.64. The van der Waals surface area contributed by atoms with Gasteiger partial charge in [-0.1, -0.05) is 18.2 Å². The predicted octanol–water partition coefficient (Wildman–Crippen LogP) is 1.21. The van der Waals surface area contributed by atoms with Crippen LogP contribution >= 0.6 is 0 Å². The molecule has 0 spiro atoms. The van der Waals surface area contributed by atoms with Crippen LogP contribution in [0.4, 0.5) is 0 Å². The summed E-state index contributed by atoms with van der Waals surface area (Å²) in [6.45, 7) is 4.14. The molecule has 5 nitrogen and oxygen atoms in total. The number of allylic oxidation sites excluding steroid dienone is 1. The zero-order valence-electron chi connectivity index (χ0n) is 12.6. The van der Waals surface area contributed by atoms with E-state index in [0.717, 1.165) is 37.5 Å². The van der Waals surface area contributed by atoms with Crippen LogP contribution in [0.3, 0.4) is 0 Å². The fourth-order valence-electron chi connectivity index (χ4n) is 3.13. The first-order chi connectivity index (χ1) is 10.7. The van der Waals surface area contributed by atoms with Crippen LogP contribution in [0, 0.1) is 0 Å². The first-order valence-corrected chi connectivity index (χ1v) is 7.64. The number of rotatable bonds is 1. The molecule has 1 saturated heterocycles. The van der Waals surface area contributed by atoms with Crippen molar-refractivity contribution >= 4 is 17.3 Å². The minimum atomic E-state index is -0.174. The molecule has 1 amide bonds. The molecule has 0 saturated carbocycles. The number of benzene rings is 1. The number of hydrogen-bond acceptors (Lipinski definition) is 4. The van der Waals surface area contributed by atoms with Gasteiger partial charge in [0.15, 0.2) is 0 Å². The summed E-state index contributed by atoms with van der Waals surface area (Å²) in [6, 6.07) is 7.60. The third kappa shape index (κ3) is 2.23. The molecule has 1 aromatic rings. The highest BCUT2D eigenvalue weighted by atomic mass is 16.1. The van der Waals surface area contributed by atoms with Crippen molar-refractivity contribution in [2.75, 3.05) is 33.2 Å². The SMILES string of the molecule is CN1CCN(C2C=CC3=NC(=O)c4ccccc4C3=N2)CC1. The van der Waals surface area contributed by atoms with Crippen molar-refractivity contribution in [3.05, 3.63) is 47.5 Å². The average Bonchev–Trinajstić information content (AvgIpc) is 2.56. The van der Waals surface area contributed by atoms with Crippen LogP contribution in [0.2, 0.25) is 0 Å². The number of aliphatic imine (C=N–C) groups is 2. The summed E-state index contributed by atoms with van der Waals surface area (Å²) in [4.78, 5) is 25.8. The molecule has 3 heterocycles. The summed E-state index contributed by atoms with van der Waals surface area (Å²) in [5, 5.41) is 0. The van der Waals surface area contributed by atoms with Gasteiger partial charge in [0.05, 0.1) is 17.0 Å². The molecule has 0 radical (unpaired) electrons. The van der Waals surface area contributed by atoms with E-state index in [9.17, 15) is 4.79 Å². The zero-order valence-corrected chi connectivity index (χ0v) is 12.6. The quantitative estimate of drug-likeness (QED) is 0.782. The number of hydrogen-bond donors (Lipinski definition) is 0. The Hall–Kier alpha value is -2.11. The van der Waals surface area contributed by atoms with Crippen LogP contribution < -0.4 is 0 Å². The van der Waals surface area contributed by atoms with Crippen LogP contribution in [-0.2, 0) is 0 Å². The maximum Gasteiger partial charge on any atom is 0.278 e. The third-order valence-corrected chi connectivity index (χ3v) is 4.48. The summed E-state index contributed by atoms with van der Waals surface area (Å²) in [6.07, 6.45) is 4.04. The molecular weight excluding hydrogens is 276 g/mol. The van der Waals surface area contributed by atoms with Crippen LogP contribution in [-0.4, -0.2) is 66.5 Å². The number of carbonyl (C=O) groups is 1. The Balaban J connectivity index is 1.69. The minimum Gasteiger partial charge on any atom is -0.304 e. The van der Waals surface area contributed by atoms with Crippen LogP contribution in [0.1, 0.15) is 15.9 Å². The Morgan fingerprint density at radius 1 is 1.09 bits per heavy atom. The van der Waals surface area contributed by atoms with Crippen molar-refractivity contribution in [3.63, 3.8) is 0 Å². The van der Waals surface area contributed by atoms with E-state index in [-0.39, 0.29) is 12.1 Å². The molecule has 0 bridgehead atoms. The lowest BCUT2D eigenvalue weighted by Crippen LogP contribution is -2.49. The highest BCUT2D eigenvalue weighted by molar-refractivity contribution is 6.56. The highest BCUT2D eigenvalue weighted by Crippen LogP contribution is 2.22. The van der Waals surface area contributed by atoms with Crippen molar-refractivity contribution in [2.45, 2.75) is 6.17 Å². The number of piperazine rings is 1. The third-order valence-electron chi connectivity index (χ3n) is 4.48. The van der Waals surface area contributed by atoms with Crippen molar-refractivity contribution < 1.29 is 4.79 Å². The molecular formula is C17H18N4O. The molecule has 4 rings (SSSR count). The van der Waals surface area contributed by atoms with E-state index in [4.69, 9.17) is 4.99 Å². The maximum absolute atomic E-state index is 12.1. The molecule has 0 aliphatic carbocycles. The van der Waals surface area contributed by atoms with Gasteiger partial charge in [0.25, 0.3) is 5.91 Å². The number of dihydropyridines is 1. The normalized spacial score (nSPS) is 25.3. The highest BCUT2D eigenvalue weighted by Gasteiger charge is 2.29. The van der Waals surface area contributed by atoms with Gasteiger partial charge in [-0.2, -0.15) is 0 Å². The van der Waals surface area contributed by atoms with E-state index in [2.05, 4.69) is 27.9 Å². The molecule has 112 valence electrons. The molecule has 3 aliphatic heterocycles. The zero-order chi connectivity index (χ0) is 15.1. The van der Waals surface area contributed by atoms with Gasteiger partial charge in [0, 0.05) is 31.7 Å². The Kier molecular flexibility index (Phi) is 3.24. The summed E-state index contributed by atoms with van der Waals surface area (Å²) >= 11 is 0. The van der Waals surface area contributed by atoms with E-state index < -0.39 is 0 Å². The molecule has 1 unspecified atom stereocenters. The van der Waals surface area contributed by atoms with Crippen molar-refractivity contribution in [2.24, 2.45) is 9.98 Å². The summed E-state index contributed by atoms with van der Waals surface area (Å²) < 4.78 is 0. The van der Waals surface area contributed by atoms with E-state index in [0.29, 0.717) is 11.3 Å². The van der Waals surface area contributed by atoms with Gasteiger partial charge in [-0.05, 0) is 25.3 Å². The molecule has 5 heteroatoms. The standard InChI is InChI=1S/C17H18N4O/c1-20-8-10-21(11-9-20)15-7-6-14-16(19-15)12-4-2-3-5-13(12)17(22)18-14/h2-7,15H,8-11H2,1H3. The Morgan fingerprint density at radius 3 is 2.59 bits per heavy atom. The van der Waals surface area contributed by atoms with E-state index in [1.165, 1.54) is 0 Å². The molecule has 1 fully saturated rings. The second-order valence-corrected chi connectivity index (χ2v) is 5.94. The van der Waals surface area contributed by atoms with Crippen molar-refractivity contribution in [3.8, 4) is 0 Å². The average molecular weight is 294 g/mol. The van der Waals surface area contributed by atoms with Crippen molar-refractivity contribution in [1.82, 2.24) is 9.80 Å². The predicted molar refractivity (Wildman–Crippen MR) is 86.7 cm³/mol. The Labute approximate surface area is 129 Å². The molecule has 22 heavy (non-hydrogen) atoms. The first kappa shape index (κ1) is 13.5. The Bertz CT molecular complexity index is 711. The Morgan fingerprint density at radius 2 is 1.82 bits per heavy atom. The van der Waals surface area contributed by atoms with E-state index in [1.807, 2.05) is 30.3 Å². The van der Waals surface area contributed by atoms with E-state index in [1.54, 1.807) is 0 Å². The van der Waals surface area contributed by atoms with Gasteiger partial charge in [-0.25, -0.2) is 4.99 Å². The summed E-state index contributed by atoms with van der Waals surface area (Å²) in [5.74, 6) is -0.174. The van der Waals surface area contributed by atoms with Gasteiger partial charge in [-0.3, -0.25) is 14.7 Å². The van der Waals surface area contributed by atoms with Crippen molar-refractivity contribution in [1.29, 1.82) is 0 Å². The van der Waals surface area contributed by atoms with Gasteiger partial charge >= 0.3 is 0 Å². The molecule has 1 atom stereocenters. The summed E-state index contributed by atoms with van der Waals surface area (Å²) in [7, 11) is 2.15. The number of likely N-dealkylation sites (N-methyl/N-ethyl adjacent to an activating group) is 1. The maximum atomic E-state index is 12.1. The number of carbonyl (C=O) groups excluding carboxylic acids is 1. The molecule has 1 aromatic carbocycles. The fraction of sp³-hybridized carbons (Fsp3) is 0.353. The second-order valence-electron chi connectivity index (χ2n) is 5.94. The van der Waals surface area contributed by atoms with Gasteiger partial charge < -0.3 is 4.90 Å². The lowest BCUT2D eigenvalue weighted by molar-refractivity contribution is 0.100. The number of fused-ring (bicyclic) bond motifs is 3. The van der Waals surface area contributed by atoms with Gasteiger partial charge in [-0.15, -0.1) is 0 Å². The lowest BCUT2D eigenvalue weighted by atomic mass is 9.94. The largest absolute Gasteiger partial charge is 0.304 e. The fourth-order valence-corrected chi connectivity index (χ4v) is 3.13. The molecule has 0 aromatic heterocycles. The second kappa shape index (κ2) is 5.26. The number of nitrogens with zero attached hydrogens (tertiary/aromatic N) is 4. The monoisotopic (exact) mass is 294 g/mol. The molecule has 3 aliphatic rings. The van der Waals surface area contributed by atoms with Crippen LogP contribution in [0.25, 0.3) is 0 Å². The van der Waals surface area contributed by atoms with Gasteiger partial charge in [0.2, 0.25) is 0 Å². The van der Waals surface area contributed by atoms with E-state index >= 15 is 0 Å². The topological polar surface area (TPSA) is 48.3 Å². The summed E-state index contributed by atoms with van der Waals surface area (Å²) in [5.41, 5.74) is 3.09. The molecule has 0 N–H and O–H groups in total. The van der Waals surface area contributed by atoms with Gasteiger partial charge in [0.1, 0.15) is 6.17 Å². The van der Waals surface area contributed by atoms with Crippen LogP contribution in [0.5, 0.6) is 0 Å². The lowest BCUT2D eigenvalue weighted by Gasteiger charge is -2.36. The minimum absolute atomic E-state index is 0.0453. The number of amides is 1. The smallest absolute Gasteiger partial charge is 0.278 e. The van der Waals surface area contributed by atoms with Crippen LogP contribution in [0.15, 0.2) is 46.4 Å².